The van der Waals surface area contributed by atoms with Crippen LogP contribution in [0.25, 0.3) is 0 Å². The number of fused-ring (bicyclic) bond motifs is 2. The highest BCUT2D eigenvalue weighted by molar-refractivity contribution is 7.99. The van der Waals surface area contributed by atoms with Crippen molar-refractivity contribution in [1.29, 1.82) is 0 Å². The lowest BCUT2D eigenvalue weighted by Gasteiger charge is -2.09. The van der Waals surface area contributed by atoms with Crippen molar-refractivity contribution < 1.29 is 9.18 Å². The Labute approximate surface area is 184 Å². The number of halogens is 2. The highest BCUT2D eigenvalue weighted by Gasteiger charge is 2.20. The number of unbranched alkanes of at least 4 members (excludes halogenated alkanes) is 1. The van der Waals surface area contributed by atoms with Crippen LogP contribution in [0.1, 0.15) is 41.3 Å². The third-order valence-corrected chi connectivity index (χ3v) is 6.27. The second kappa shape index (κ2) is 9.02. The van der Waals surface area contributed by atoms with Gasteiger partial charge in [0.15, 0.2) is 0 Å². The van der Waals surface area contributed by atoms with Crippen LogP contribution in [0.5, 0.6) is 0 Å². The van der Waals surface area contributed by atoms with E-state index in [-0.39, 0.29) is 10.9 Å². The summed E-state index contributed by atoms with van der Waals surface area (Å²) >= 11 is 7.46. The molecule has 0 radical (unpaired) electrons. The fourth-order valence-corrected chi connectivity index (χ4v) is 4.35. The lowest BCUT2D eigenvalue weighted by atomic mass is 10.0. The van der Waals surface area contributed by atoms with Crippen LogP contribution in [0, 0.1) is 5.82 Å². The zero-order valence-electron chi connectivity index (χ0n) is 16.4. The van der Waals surface area contributed by atoms with E-state index in [1.807, 2.05) is 36.4 Å². The fourth-order valence-electron chi connectivity index (χ4n) is 3.23. The molecule has 1 N–H and O–H groups in total. The standard InChI is InChI=1S/C24H20ClFN2OS/c1-2-3-12-27-24(29)16-9-11-22-20(14-16)28-23(15-8-10-18(25)19(26)13-15)17-6-4-5-7-21(17)30-22/h4-11,13-14H,2-3,12H2,1H3,(H,27,29). The summed E-state index contributed by atoms with van der Waals surface area (Å²) in [5.41, 5.74) is 3.44. The van der Waals surface area contributed by atoms with Crippen LogP contribution in [-0.4, -0.2) is 18.2 Å². The lowest BCUT2D eigenvalue weighted by molar-refractivity contribution is 0.0953. The summed E-state index contributed by atoms with van der Waals surface area (Å²) in [6.45, 7) is 2.73. The van der Waals surface area contributed by atoms with Crippen molar-refractivity contribution in [3.8, 4) is 0 Å². The largest absolute Gasteiger partial charge is 0.352 e. The molecule has 0 spiro atoms. The van der Waals surface area contributed by atoms with Crippen LogP contribution in [0.15, 0.2) is 75.4 Å². The maximum Gasteiger partial charge on any atom is 0.251 e. The normalized spacial score (nSPS) is 12.4. The smallest absolute Gasteiger partial charge is 0.251 e. The highest BCUT2D eigenvalue weighted by atomic mass is 35.5. The van der Waals surface area contributed by atoms with Crippen LogP contribution >= 0.6 is 23.4 Å². The predicted octanol–water partition coefficient (Wildman–Crippen LogP) is 6.64. The second-order valence-electron chi connectivity index (χ2n) is 6.98. The Morgan fingerprint density at radius 3 is 2.73 bits per heavy atom. The number of hydrogen-bond donors (Lipinski definition) is 1. The fraction of sp³-hybridized carbons (Fsp3) is 0.167. The molecule has 3 aromatic rings. The van der Waals surface area contributed by atoms with Crippen molar-refractivity contribution in [2.45, 2.75) is 29.6 Å². The van der Waals surface area contributed by atoms with Crippen molar-refractivity contribution >= 4 is 40.7 Å². The number of hydrogen-bond acceptors (Lipinski definition) is 3. The van der Waals surface area contributed by atoms with Gasteiger partial charge in [0, 0.05) is 33.0 Å². The van der Waals surface area contributed by atoms with Crippen molar-refractivity contribution in [3.63, 3.8) is 0 Å². The first-order valence-corrected chi connectivity index (χ1v) is 11.0. The molecule has 4 rings (SSSR count). The van der Waals surface area contributed by atoms with E-state index in [2.05, 4.69) is 12.2 Å². The van der Waals surface area contributed by atoms with Gasteiger partial charge in [-0.05, 0) is 42.8 Å². The number of rotatable bonds is 5. The molecule has 0 unspecified atom stereocenters. The molecule has 1 aliphatic heterocycles. The molecule has 1 aliphatic rings. The van der Waals surface area contributed by atoms with E-state index in [4.69, 9.17) is 16.6 Å². The van der Waals surface area contributed by atoms with Gasteiger partial charge in [0.05, 0.1) is 16.4 Å². The number of nitrogens with zero attached hydrogens (tertiary/aromatic N) is 1. The van der Waals surface area contributed by atoms with Crippen molar-refractivity contribution in [2.24, 2.45) is 4.99 Å². The number of amides is 1. The van der Waals surface area contributed by atoms with Crippen molar-refractivity contribution in [3.05, 3.63) is 88.2 Å². The molecule has 0 atom stereocenters. The van der Waals surface area contributed by atoms with Gasteiger partial charge in [0.1, 0.15) is 5.82 Å². The average molecular weight is 439 g/mol. The molecule has 3 aromatic carbocycles. The van der Waals surface area contributed by atoms with Crippen molar-refractivity contribution in [1.82, 2.24) is 5.32 Å². The molecule has 1 heterocycles. The van der Waals surface area contributed by atoms with Gasteiger partial charge in [-0.15, -0.1) is 0 Å². The first-order valence-electron chi connectivity index (χ1n) is 9.80. The van der Waals surface area contributed by atoms with Gasteiger partial charge in [0.2, 0.25) is 0 Å². The summed E-state index contributed by atoms with van der Waals surface area (Å²) in [6.07, 6.45) is 1.96. The molecule has 1 amide bonds. The predicted molar refractivity (Wildman–Crippen MR) is 121 cm³/mol. The molecule has 0 aromatic heterocycles. The quantitative estimate of drug-likeness (QED) is 0.355. The zero-order chi connectivity index (χ0) is 21.1. The van der Waals surface area contributed by atoms with E-state index in [0.717, 1.165) is 28.2 Å². The van der Waals surface area contributed by atoms with Gasteiger partial charge in [-0.1, -0.05) is 61.0 Å². The SMILES string of the molecule is CCCCNC(=O)c1ccc2c(c1)N=C(c1ccc(Cl)c(F)c1)c1ccccc1S2. The Morgan fingerprint density at radius 2 is 1.93 bits per heavy atom. The van der Waals surface area contributed by atoms with Gasteiger partial charge in [-0.3, -0.25) is 4.79 Å². The second-order valence-corrected chi connectivity index (χ2v) is 8.47. The first kappa shape index (κ1) is 20.6. The van der Waals surface area contributed by atoms with Crippen molar-refractivity contribution in [2.75, 3.05) is 6.54 Å². The third-order valence-electron chi connectivity index (χ3n) is 4.82. The van der Waals surface area contributed by atoms with Crippen LogP contribution in [-0.2, 0) is 0 Å². The maximum absolute atomic E-state index is 14.2. The molecule has 0 saturated carbocycles. The summed E-state index contributed by atoms with van der Waals surface area (Å²) in [6, 6.07) is 18.1. The van der Waals surface area contributed by atoms with Gasteiger partial charge in [0.25, 0.3) is 5.91 Å². The molecule has 0 aliphatic carbocycles. The summed E-state index contributed by atoms with van der Waals surface area (Å²) in [5, 5.41) is 3.01. The van der Waals surface area contributed by atoms with Crippen LogP contribution in [0.4, 0.5) is 10.1 Å². The summed E-state index contributed by atoms with van der Waals surface area (Å²) < 4.78 is 14.2. The number of aliphatic imine (C=N–C) groups is 1. The molecule has 152 valence electrons. The van der Waals surface area contributed by atoms with E-state index < -0.39 is 5.82 Å². The highest BCUT2D eigenvalue weighted by Crippen LogP contribution is 2.41. The molecule has 0 bridgehead atoms. The Hall–Kier alpha value is -2.63. The van der Waals surface area contributed by atoms with Crippen LogP contribution in [0.2, 0.25) is 5.02 Å². The third kappa shape index (κ3) is 4.27. The molecule has 30 heavy (non-hydrogen) atoms. The van der Waals surface area contributed by atoms with E-state index in [0.29, 0.717) is 29.1 Å². The van der Waals surface area contributed by atoms with E-state index in [9.17, 15) is 9.18 Å². The van der Waals surface area contributed by atoms with E-state index in [1.54, 1.807) is 23.9 Å². The molecule has 0 saturated heterocycles. The van der Waals surface area contributed by atoms with E-state index in [1.165, 1.54) is 12.1 Å². The summed E-state index contributed by atoms with van der Waals surface area (Å²) in [7, 11) is 0. The Morgan fingerprint density at radius 1 is 1.10 bits per heavy atom. The molecule has 6 heteroatoms. The van der Waals surface area contributed by atoms with Gasteiger partial charge in [-0.25, -0.2) is 9.38 Å². The number of carbonyl (C=O) groups is 1. The Kier molecular flexibility index (Phi) is 6.21. The van der Waals surface area contributed by atoms with Crippen LogP contribution < -0.4 is 5.32 Å². The monoisotopic (exact) mass is 438 g/mol. The van der Waals surface area contributed by atoms with Gasteiger partial charge < -0.3 is 5.32 Å². The van der Waals surface area contributed by atoms with Crippen LogP contribution in [0.3, 0.4) is 0 Å². The molecular formula is C24H20ClFN2OS. The molecule has 0 fully saturated rings. The molecule has 3 nitrogen and oxygen atoms in total. The number of nitrogens with one attached hydrogen (secondary N) is 1. The minimum Gasteiger partial charge on any atom is -0.352 e. The van der Waals surface area contributed by atoms with Gasteiger partial charge >= 0.3 is 0 Å². The minimum absolute atomic E-state index is 0.0714. The molecular weight excluding hydrogens is 419 g/mol. The minimum atomic E-state index is -0.490. The first-order chi connectivity index (χ1) is 14.6. The Balaban J connectivity index is 1.80. The number of carbonyl (C=O) groups excluding carboxylic acids is 1. The summed E-state index contributed by atoms with van der Waals surface area (Å²) in [5.74, 6) is -0.608. The van der Waals surface area contributed by atoms with Gasteiger partial charge in [-0.2, -0.15) is 0 Å². The maximum atomic E-state index is 14.2. The van der Waals surface area contributed by atoms with E-state index >= 15 is 0 Å². The lowest BCUT2D eigenvalue weighted by Crippen LogP contribution is -2.24. The average Bonchev–Trinajstić information content (AvgIpc) is 2.92. The Bertz CT molecular complexity index is 1150. The topological polar surface area (TPSA) is 41.5 Å². The summed E-state index contributed by atoms with van der Waals surface area (Å²) in [4.78, 5) is 19.3. The number of benzene rings is 3. The zero-order valence-corrected chi connectivity index (χ0v) is 18.0.